The lowest BCUT2D eigenvalue weighted by atomic mass is 9.78. The molecular formula is C28H30N2O3. The number of benzene rings is 3. The van der Waals surface area contributed by atoms with Crippen LogP contribution in [0.25, 0.3) is 10.8 Å². The first-order valence-corrected chi connectivity index (χ1v) is 11.9. The van der Waals surface area contributed by atoms with E-state index in [0.29, 0.717) is 28.8 Å². The van der Waals surface area contributed by atoms with Crippen LogP contribution in [-0.4, -0.2) is 36.4 Å². The highest BCUT2D eigenvalue weighted by atomic mass is 16.5. The molecule has 1 aliphatic heterocycles. The molecule has 5 heteroatoms. The fraction of sp³-hybridized carbons (Fsp3) is 0.357. The van der Waals surface area contributed by atoms with Crippen LogP contribution in [0.4, 0.5) is 5.69 Å². The number of nitrogens with zero attached hydrogens (tertiary/aromatic N) is 1. The van der Waals surface area contributed by atoms with Crippen LogP contribution in [0, 0.1) is 5.92 Å². The lowest BCUT2D eigenvalue weighted by Crippen LogP contribution is -2.49. The maximum Gasteiger partial charge on any atom is 0.256 e. The fourth-order valence-corrected chi connectivity index (χ4v) is 5.59. The summed E-state index contributed by atoms with van der Waals surface area (Å²) >= 11 is 0. The monoisotopic (exact) mass is 442 g/mol. The molecule has 0 bridgehead atoms. The number of methoxy groups -OCH3 is 1. The molecule has 0 unspecified atom stereocenters. The van der Waals surface area contributed by atoms with Gasteiger partial charge < -0.3 is 15.0 Å². The fourth-order valence-electron chi connectivity index (χ4n) is 5.59. The Bertz CT molecular complexity index is 1170. The molecule has 5 rings (SSSR count). The second-order valence-electron chi connectivity index (χ2n) is 9.14. The number of likely N-dealkylation sites (tertiary alicyclic amines) is 1. The average molecular weight is 443 g/mol. The highest BCUT2D eigenvalue weighted by molar-refractivity contribution is 6.17. The van der Waals surface area contributed by atoms with Crippen molar-refractivity contribution in [2.75, 3.05) is 19.0 Å². The molecule has 1 heterocycles. The first-order valence-electron chi connectivity index (χ1n) is 11.9. The second-order valence-corrected chi connectivity index (χ2v) is 9.14. The molecule has 0 spiro atoms. The molecule has 33 heavy (non-hydrogen) atoms. The number of hydrogen-bond acceptors (Lipinski definition) is 3. The van der Waals surface area contributed by atoms with E-state index < -0.39 is 0 Å². The highest BCUT2D eigenvalue weighted by Crippen LogP contribution is 2.37. The van der Waals surface area contributed by atoms with Gasteiger partial charge in [0.15, 0.2) is 0 Å². The van der Waals surface area contributed by atoms with Gasteiger partial charge in [0.25, 0.3) is 11.8 Å². The number of nitrogens with one attached hydrogen (secondary N) is 1. The minimum atomic E-state index is -0.194. The minimum absolute atomic E-state index is 0.102. The van der Waals surface area contributed by atoms with Gasteiger partial charge in [-0.2, -0.15) is 0 Å². The van der Waals surface area contributed by atoms with Gasteiger partial charge in [-0.1, -0.05) is 37.1 Å². The summed E-state index contributed by atoms with van der Waals surface area (Å²) in [6, 6.07) is 19.0. The van der Waals surface area contributed by atoms with Gasteiger partial charge in [-0.3, -0.25) is 9.59 Å². The Balaban J connectivity index is 1.45. The molecule has 0 aromatic heterocycles. The number of anilines is 1. The van der Waals surface area contributed by atoms with E-state index in [4.69, 9.17) is 4.74 Å². The Morgan fingerprint density at radius 2 is 1.52 bits per heavy atom. The summed E-state index contributed by atoms with van der Waals surface area (Å²) in [6.45, 7) is 0.827. The van der Waals surface area contributed by atoms with Crippen LogP contribution < -0.4 is 10.1 Å². The molecule has 2 fully saturated rings. The molecule has 0 radical (unpaired) electrons. The molecule has 3 aromatic carbocycles. The van der Waals surface area contributed by atoms with Crippen LogP contribution in [-0.2, 0) is 0 Å². The third kappa shape index (κ3) is 4.20. The predicted octanol–water partition coefficient (Wildman–Crippen LogP) is 5.90. The summed E-state index contributed by atoms with van der Waals surface area (Å²) in [7, 11) is 1.61. The van der Waals surface area contributed by atoms with Gasteiger partial charge in [-0.15, -0.1) is 0 Å². The standard InChI is InChI=1S/C28H30N2O3/c1-33-21-14-12-20(13-15-21)29-27(31)24-16-17-25(23-10-4-3-9-22(23)24)28(32)30-18-6-8-19-7-2-5-11-26(19)30/h3-4,9-10,12-17,19,26H,2,5-8,11,18H2,1H3,(H,29,31)/t19-,26-/m0/s1. The lowest BCUT2D eigenvalue weighted by molar-refractivity contribution is 0.0392. The van der Waals surface area contributed by atoms with E-state index in [9.17, 15) is 9.59 Å². The van der Waals surface area contributed by atoms with E-state index in [0.717, 1.165) is 35.9 Å². The van der Waals surface area contributed by atoms with Gasteiger partial charge in [0.1, 0.15) is 5.75 Å². The molecule has 2 atom stereocenters. The van der Waals surface area contributed by atoms with Gasteiger partial charge in [0.05, 0.1) is 7.11 Å². The molecule has 2 aliphatic rings. The highest BCUT2D eigenvalue weighted by Gasteiger charge is 2.36. The van der Waals surface area contributed by atoms with Crippen LogP contribution in [0.2, 0.25) is 0 Å². The number of hydrogen-bond donors (Lipinski definition) is 1. The van der Waals surface area contributed by atoms with Gasteiger partial charge in [0.2, 0.25) is 0 Å². The molecule has 1 N–H and O–H groups in total. The SMILES string of the molecule is COc1ccc(NC(=O)c2ccc(C(=O)N3CCC[C@@H]4CCCC[C@@H]43)c3ccccc23)cc1. The zero-order chi connectivity index (χ0) is 22.8. The van der Waals surface area contributed by atoms with Crippen LogP contribution >= 0.6 is 0 Å². The van der Waals surface area contributed by atoms with E-state index in [2.05, 4.69) is 10.2 Å². The van der Waals surface area contributed by atoms with Crippen molar-refractivity contribution in [2.45, 2.75) is 44.6 Å². The van der Waals surface area contributed by atoms with Crippen LogP contribution in [0.1, 0.15) is 59.2 Å². The minimum Gasteiger partial charge on any atom is -0.497 e. The molecule has 170 valence electrons. The number of amides is 2. The number of carbonyl (C=O) groups excluding carboxylic acids is 2. The van der Waals surface area contributed by atoms with Crippen molar-refractivity contribution in [2.24, 2.45) is 5.92 Å². The van der Waals surface area contributed by atoms with E-state index in [1.165, 1.54) is 25.7 Å². The van der Waals surface area contributed by atoms with Crippen LogP contribution in [0.3, 0.4) is 0 Å². The van der Waals surface area contributed by atoms with E-state index in [-0.39, 0.29) is 11.8 Å². The number of fused-ring (bicyclic) bond motifs is 2. The van der Waals surface area contributed by atoms with Gasteiger partial charge >= 0.3 is 0 Å². The van der Waals surface area contributed by atoms with Gasteiger partial charge in [0, 0.05) is 29.4 Å². The smallest absolute Gasteiger partial charge is 0.256 e. The van der Waals surface area contributed by atoms with Crippen LogP contribution in [0.15, 0.2) is 60.7 Å². The van der Waals surface area contributed by atoms with Crippen molar-refractivity contribution in [1.82, 2.24) is 4.90 Å². The average Bonchev–Trinajstić information content (AvgIpc) is 2.87. The molecule has 1 aliphatic carbocycles. The summed E-state index contributed by atoms with van der Waals surface area (Å²) in [4.78, 5) is 28.9. The quantitative estimate of drug-likeness (QED) is 0.548. The predicted molar refractivity (Wildman–Crippen MR) is 131 cm³/mol. The largest absolute Gasteiger partial charge is 0.497 e. The summed E-state index contributed by atoms with van der Waals surface area (Å²) < 4.78 is 5.19. The maximum absolute atomic E-state index is 13.7. The molecular weight excluding hydrogens is 412 g/mol. The van der Waals surface area contributed by atoms with Crippen molar-refractivity contribution in [3.8, 4) is 5.75 Å². The summed E-state index contributed by atoms with van der Waals surface area (Å²) in [5, 5.41) is 4.59. The molecule has 2 amide bonds. The van der Waals surface area contributed by atoms with E-state index in [1.54, 1.807) is 13.2 Å². The topological polar surface area (TPSA) is 58.6 Å². The third-order valence-electron chi connectivity index (χ3n) is 7.25. The lowest BCUT2D eigenvalue weighted by Gasteiger charge is -2.44. The van der Waals surface area contributed by atoms with Crippen molar-refractivity contribution >= 4 is 28.3 Å². The van der Waals surface area contributed by atoms with Crippen LogP contribution in [0.5, 0.6) is 5.75 Å². The summed E-state index contributed by atoms with van der Waals surface area (Å²) in [5.41, 5.74) is 1.95. The van der Waals surface area contributed by atoms with Crippen molar-refractivity contribution in [3.05, 3.63) is 71.8 Å². The first kappa shape index (κ1) is 21.5. The number of ether oxygens (including phenoxy) is 1. The van der Waals surface area contributed by atoms with E-state index in [1.807, 2.05) is 54.6 Å². The Hall–Kier alpha value is -3.34. The molecule has 5 nitrogen and oxygen atoms in total. The summed E-state index contributed by atoms with van der Waals surface area (Å²) in [5.74, 6) is 1.28. The summed E-state index contributed by atoms with van der Waals surface area (Å²) in [6.07, 6.45) is 7.14. The second kappa shape index (κ2) is 9.26. The Morgan fingerprint density at radius 3 is 2.27 bits per heavy atom. The van der Waals surface area contributed by atoms with Gasteiger partial charge in [-0.25, -0.2) is 0 Å². The Kier molecular flexibility index (Phi) is 6.03. The Morgan fingerprint density at radius 1 is 0.848 bits per heavy atom. The van der Waals surface area contributed by atoms with Crippen molar-refractivity contribution < 1.29 is 14.3 Å². The Labute approximate surface area is 194 Å². The zero-order valence-corrected chi connectivity index (χ0v) is 19.0. The van der Waals surface area contributed by atoms with Gasteiger partial charge in [-0.05, 0) is 78.8 Å². The number of piperidine rings is 1. The van der Waals surface area contributed by atoms with Crippen molar-refractivity contribution in [3.63, 3.8) is 0 Å². The normalized spacial score (nSPS) is 20.2. The number of carbonyl (C=O) groups is 2. The van der Waals surface area contributed by atoms with Crippen molar-refractivity contribution in [1.29, 1.82) is 0 Å². The number of rotatable bonds is 4. The maximum atomic E-state index is 13.7. The third-order valence-corrected chi connectivity index (χ3v) is 7.25. The zero-order valence-electron chi connectivity index (χ0n) is 19.0. The molecule has 1 saturated carbocycles. The molecule has 3 aromatic rings. The molecule has 1 saturated heterocycles. The van der Waals surface area contributed by atoms with E-state index >= 15 is 0 Å². The first-order chi connectivity index (χ1) is 16.2.